The molecule has 3 rings (SSSR count). The maximum Gasteiger partial charge on any atom is 0.329 e. The topological polar surface area (TPSA) is 88.1 Å². The highest BCUT2D eigenvalue weighted by molar-refractivity contribution is 6.05. The maximum atomic E-state index is 14.0. The van der Waals surface area contributed by atoms with Crippen molar-refractivity contribution >= 4 is 16.9 Å². The van der Waals surface area contributed by atoms with Gasteiger partial charge in [0.1, 0.15) is 5.82 Å². The molecule has 0 saturated carbocycles. The number of carbonyl (C=O) groups is 1. The number of aryl methyl sites for hydroxylation is 1. The molecule has 1 N–H and O–H groups in total. The summed E-state index contributed by atoms with van der Waals surface area (Å²) >= 11 is 0. The van der Waals surface area contributed by atoms with Gasteiger partial charge in [0.2, 0.25) is 0 Å². The van der Waals surface area contributed by atoms with Crippen molar-refractivity contribution in [3.63, 3.8) is 0 Å². The van der Waals surface area contributed by atoms with Gasteiger partial charge < -0.3 is 4.90 Å². The molecule has 0 spiro atoms. The molecular weight excluding hydrogens is 375 g/mol. The first-order valence-corrected chi connectivity index (χ1v) is 9.41. The van der Waals surface area contributed by atoms with Crippen LogP contribution in [0.5, 0.6) is 0 Å². The molecule has 0 saturated heterocycles. The number of pyridine rings is 1. The normalized spacial score (nSPS) is 11.2. The van der Waals surface area contributed by atoms with Gasteiger partial charge in [0.05, 0.1) is 10.9 Å². The molecule has 0 aliphatic heterocycles. The molecule has 7 nitrogen and oxygen atoms in total. The SMILES string of the molecule is CCn1c(=O)[nH]c(=O)c2c(C(=O)N(C)Cc3ccccc3F)cc(C(C)C)nc21. The first kappa shape index (κ1) is 20.4. The molecule has 8 heteroatoms. The van der Waals surface area contributed by atoms with Gasteiger partial charge in [-0.25, -0.2) is 14.2 Å². The van der Waals surface area contributed by atoms with Gasteiger partial charge in [0, 0.05) is 31.4 Å². The average molecular weight is 398 g/mol. The molecule has 0 bridgehead atoms. The molecule has 3 aromatic rings. The van der Waals surface area contributed by atoms with Crippen LogP contribution in [0.3, 0.4) is 0 Å². The average Bonchev–Trinajstić information content (AvgIpc) is 2.68. The summed E-state index contributed by atoms with van der Waals surface area (Å²) in [5.41, 5.74) is 0.0326. The molecular formula is C21H23FN4O3. The van der Waals surface area contributed by atoms with Crippen LogP contribution in [-0.2, 0) is 13.1 Å². The minimum Gasteiger partial charge on any atom is -0.337 e. The van der Waals surface area contributed by atoms with Crippen LogP contribution >= 0.6 is 0 Å². The Kier molecular flexibility index (Phi) is 5.63. The Balaban J connectivity index is 2.19. The van der Waals surface area contributed by atoms with E-state index >= 15 is 0 Å². The number of nitrogens with one attached hydrogen (secondary N) is 1. The van der Waals surface area contributed by atoms with Crippen molar-refractivity contribution in [3.05, 3.63) is 73.8 Å². The Morgan fingerprint density at radius 1 is 1.28 bits per heavy atom. The number of amides is 1. The van der Waals surface area contributed by atoms with E-state index in [-0.39, 0.29) is 29.1 Å². The van der Waals surface area contributed by atoms with E-state index in [2.05, 4.69) is 9.97 Å². The lowest BCUT2D eigenvalue weighted by Crippen LogP contribution is -2.33. The highest BCUT2D eigenvalue weighted by Gasteiger charge is 2.23. The number of hydrogen-bond donors (Lipinski definition) is 1. The summed E-state index contributed by atoms with van der Waals surface area (Å²) in [6.07, 6.45) is 0. The predicted octanol–water partition coefficient (Wildman–Crippen LogP) is 2.64. The number of aromatic nitrogens is 3. The second-order valence-electron chi connectivity index (χ2n) is 7.20. The fourth-order valence-electron chi connectivity index (χ4n) is 3.21. The summed E-state index contributed by atoms with van der Waals surface area (Å²) in [6.45, 7) is 5.91. The van der Waals surface area contributed by atoms with Gasteiger partial charge in [0.25, 0.3) is 11.5 Å². The van der Waals surface area contributed by atoms with Gasteiger partial charge in [-0.1, -0.05) is 32.0 Å². The van der Waals surface area contributed by atoms with Crippen molar-refractivity contribution in [1.82, 2.24) is 19.4 Å². The van der Waals surface area contributed by atoms with E-state index in [1.807, 2.05) is 13.8 Å². The monoisotopic (exact) mass is 398 g/mol. The zero-order chi connectivity index (χ0) is 21.3. The number of fused-ring (bicyclic) bond motifs is 1. The van der Waals surface area contributed by atoms with E-state index < -0.39 is 23.0 Å². The predicted molar refractivity (Wildman–Crippen MR) is 109 cm³/mol. The number of H-pyrrole nitrogens is 1. The highest BCUT2D eigenvalue weighted by Crippen LogP contribution is 2.21. The Labute approximate surface area is 166 Å². The minimum absolute atomic E-state index is 0.0254. The molecule has 0 radical (unpaired) electrons. The van der Waals surface area contributed by atoms with Crippen LogP contribution in [0.4, 0.5) is 4.39 Å². The van der Waals surface area contributed by atoms with Crippen LogP contribution in [-0.4, -0.2) is 32.4 Å². The fourth-order valence-corrected chi connectivity index (χ4v) is 3.21. The number of halogens is 1. The van der Waals surface area contributed by atoms with E-state index in [4.69, 9.17) is 0 Å². The standard InChI is InChI=1S/C21H23FN4O3/c1-5-26-18-17(19(27)24-21(26)29)14(10-16(23-18)12(2)3)20(28)25(4)11-13-8-6-7-9-15(13)22/h6-10,12H,5,11H2,1-4H3,(H,24,27,29). The van der Waals surface area contributed by atoms with Crippen LogP contribution in [0.25, 0.3) is 11.0 Å². The first-order valence-electron chi connectivity index (χ1n) is 9.41. The second-order valence-corrected chi connectivity index (χ2v) is 7.20. The molecule has 0 aliphatic carbocycles. The van der Waals surface area contributed by atoms with Crippen LogP contribution in [0.15, 0.2) is 39.9 Å². The van der Waals surface area contributed by atoms with Crippen molar-refractivity contribution in [2.45, 2.75) is 39.8 Å². The highest BCUT2D eigenvalue weighted by atomic mass is 19.1. The summed E-state index contributed by atoms with van der Waals surface area (Å²) in [5, 5.41) is 0.0567. The smallest absolute Gasteiger partial charge is 0.329 e. The molecule has 0 aliphatic rings. The lowest BCUT2D eigenvalue weighted by Gasteiger charge is -2.20. The summed E-state index contributed by atoms with van der Waals surface area (Å²) < 4.78 is 15.3. The van der Waals surface area contributed by atoms with E-state index in [0.29, 0.717) is 17.8 Å². The van der Waals surface area contributed by atoms with Gasteiger partial charge in [-0.15, -0.1) is 0 Å². The van der Waals surface area contributed by atoms with Crippen molar-refractivity contribution < 1.29 is 9.18 Å². The largest absolute Gasteiger partial charge is 0.337 e. The van der Waals surface area contributed by atoms with Crippen molar-refractivity contribution in [3.8, 4) is 0 Å². The summed E-state index contributed by atoms with van der Waals surface area (Å²) in [4.78, 5) is 46.1. The number of carbonyl (C=O) groups excluding carboxylic acids is 1. The molecule has 0 unspecified atom stereocenters. The van der Waals surface area contributed by atoms with Crippen LogP contribution in [0.2, 0.25) is 0 Å². The Bertz CT molecular complexity index is 1200. The first-order chi connectivity index (χ1) is 13.7. The van der Waals surface area contributed by atoms with E-state index in [9.17, 15) is 18.8 Å². The number of rotatable bonds is 5. The minimum atomic E-state index is -0.667. The molecule has 152 valence electrons. The summed E-state index contributed by atoms with van der Waals surface area (Å²) in [6, 6.07) is 7.78. The van der Waals surface area contributed by atoms with Gasteiger partial charge in [-0.2, -0.15) is 0 Å². The lowest BCUT2D eigenvalue weighted by molar-refractivity contribution is 0.0785. The number of aromatic amines is 1. The zero-order valence-electron chi connectivity index (χ0n) is 16.8. The van der Waals surface area contributed by atoms with Crippen LogP contribution in [0, 0.1) is 5.82 Å². The van der Waals surface area contributed by atoms with Crippen molar-refractivity contribution in [2.24, 2.45) is 0 Å². The third kappa shape index (κ3) is 3.83. The number of hydrogen-bond acceptors (Lipinski definition) is 4. The van der Waals surface area contributed by atoms with Crippen LogP contribution < -0.4 is 11.2 Å². The maximum absolute atomic E-state index is 14.0. The van der Waals surface area contributed by atoms with E-state index in [1.165, 1.54) is 15.5 Å². The molecule has 2 heterocycles. The zero-order valence-corrected chi connectivity index (χ0v) is 16.8. The molecule has 1 aromatic carbocycles. The summed E-state index contributed by atoms with van der Waals surface area (Å²) in [5.74, 6) is -0.885. The molecule has 2 aromatic heterocycles. The van der Waals surface area contributed by atoms with E-state index in [1.54, 1.807) is 38.2 Å². The quantitative estimate of drug-likeness (QED) is 0.716. The van der Waals surface area contributed by atoms with Crippen molar-refractivity contribution in [1.29, 1.82) is 0 Å². The Morgan fingerprint density at radius 2 is 1.97 bits per heavy atom. The Hall–Kier alpha value is -3.29. The van der Waals surface area contributed by atoms with Crippen LogP contribution in [0.1, 0.15) is 48.3 Å². The van der Waals surface area contributed by atoms with E-state index in [0.717, 1.165) is 0 Å². The third-order valence-electron chi connectivity index (χ3n) is 4.82. The Morgan fingerprint density at radius 3 is 2.59 bits per heavy atom. The second kappa shape index (κ2) is 7.98. The lowest BCUT2D eigenvalue weighted by atomic mass is 10.0. The van der Waals surface area contributed by atoms with Gasteiger partial charge in [-0.3, -0.25) is 19.1 Å². The van der Waals surface area contributed by atoms with Crippen molar-refractivity contribution in [2.75, 3.05) is 7.05 Å². The molecule has 29 heavy (non-hydrogen) atoms. The molecule has 0 atom stereocenters. The fraction of sp³-hybridized carbons (Fsp3) is 0.333. The van der Waals surface area contributed by atoms with Gasteiger partial charge >= 0.3 is 5.69 Å². The molecule has 0 fully saturated rings. The number of benzene rings is 1. The summed E-state index contributed by atoms with van der Waals surface area (Å²) in [7, 11) is 1.54. The third-order valence-corrected chi connectivity index (χ3v) is 4.82. The molecule has 1 amide bonds. The number of nitrogens with zero attached hydrogens (tertiary/aromatic N) is 3. The van der Waals surface area contributed by atoms with Gasteiger partial charge in [0.15, 0.2) is 5.65 Å². The van der Waals surface area contributed by atoms with Gasteiger partial charge in [-0.05, 0) is 25.0 Å².